The first-order valence-electron chi connectivity index (χ1n) is 6.91. The minimum Gasteiger partial charge on any atom is -0.309 e. The van der Waals surface area contributed by atoms with Crippen molar-refractivity contribution in [3.05, 3.63) is 29.8 Å². The summed E-state index contributed by atoms with van der Waals surface area (Å²) in [6.07, 6.45) is 0.631. The zero-order valence-electron chi connectivity index (χ0n) is 11.7. The van der Waals surface area contributed by atoms with Gasteiger partial charge in [0.25, 0.3) is 5.91 Å². The van der Waals surface area contributed by atoms with Crippen LogP contribution < -0.4 is 5.32 Å². The topological polar surface area (TPSA) is 49.4 Å². The minimum absolute atomic E-state index is 0.177. The number of benzene rings is 1. The molecule has 3 amide bonds. The van der Waals surface area contributed by atoms with Gasteiger partial charge in [-0.25, -0.2) is 4.79 Å². The fourth-order valence-corrected chi connectivity index (χ4v) is 4.12. The van der Waals surface area contributed by atoms with E-state index >= 15 is 0 Å². The van der Waals surface area contributed by atoms with Crippen LogP contribution in [-0.4, -0.2) is 34.7 Å². The molecule has 0 radical (unpaired) electrons. The first-order chi connectivity index (χ1) is 9.56. The lowest BCUT2D eigenvalue weighted by molar-refractivity contribution is -0.126. The summed E-state index contributed by atoms with van der Waals surface area (Å²) in [5.41, 5.74) is 0.585. The lowest BCUT2D eigenvalue weighted by atomic mass is 9.94. The average Bonchev–Trinajstić information content (AvgIpc) is 2.95. The summed E-state index contributed by atoms with van der Waals surface area (Å²) in [4.78, 5) is 27.0. The third kappa shape index (κ3) is 1.92. The van der Waals surface area contributed by atoms with Crippen molar-refractivity contribution in [1.29, 1.82) is 0 Å². The highest BCUT2D eigenvalue weighted by Crippen LogP contribution is 2.41. The molecule has 1 aromatic rings. The Bertz CT molecular complexity index is 575. The molecular weight excluding hydrogens is 272 g/mol. The predicted molar refractivity (Wildman–Crippen MR) is 78.8 cm³/mol. The summed E-state index contributed by atoms with van der Waals surface area (Å²) in [6.45, 7) is 4.40. The Kier molecular flexibility index (Phi) is 3.24. The molecule has 1 aromatic carbocycles. The Morgan fingerprint density at radius 1 is 1.40 bits per heavy atom. The fraction of sp³-hybridized carbons (Fsp3) is 0.467. The van der Waals surface area contributed by atoms with Crippen LogP contribution in [0.2, 0.25) is 0 Å². The summed E-state index contributed by atoms with van der Waals surface area (Å²) in [6, 6.07) is 8.06. The van der Waals surface area contributed by atoms with Gasteiger partial charge in [-0.3, -0.25) is 10.1 Å². The van der Waals surface area contributed by atoms with Crippen LogP contribution in [0.5, 0.6) is 0 Å². The van der Waals surface area contributed by atoms with Crippen molar-refractivity contribution in [1.82, 2.24) is 10.2 Å². The number of urea groups is 1. The van der Waals surface area contributed by atoms with Gasteiger partial charge in [0.15, 0.2) is 0 Å². The Morgan fingerprint density at radius 3 is 2.90 bits per heavy atom. The normalized spacial score (nSPS) is 28.7. The van der Waals surface area contributed by atoms with Crippen LogP contribution in [0.25, 0.3) is 0 Å². The lowest BCUT2D eigenvalue weighted by Gasteiger charge is -2.32. The molecule has 0 saturated carbocycles. The third-order valence-electron chi connectivity index (χ3n) is 4.44. The van der Waals surface area contributed by atoms with E-state index in [1.165, 1.54) is 10.5 Å². The molecule has 3 rings (SSSR count). The van der Waals surface area contributed by atoms with Crippen molar-refractivity contribution < 1.29 is 9.59 Å². The van der Waals surface area contributed by atoms with Gasteiger partial charge in [0.2, 0.25) is 0 Å². The Hall–Kier alpha value is -1.49. The number of hydrogen-bond acceptors (Lipinski definition) is 3. The highest BCUT2D eigenvalue weighted by molar-refractivity contribution is 7.99. The van der Waals surface area contributed by atoms with Gasteiger partial charge >= 0.3 is 6.03 Å². The first-order valence-corrected chi connectivity index (χ1v) is 7.89. The van der Waals surface area contributed by atoms with E-state index < -0.39 is 5.54 Å². The zero-order valence-corrected chi connectivity index (χ0v) is 12.5. The van der Waals surface area contributed by atoms with Gasteiger partial charge in [0.1, 0.15) is 5.54 Å². The molecule has 1 saturated heterocycles. The number of carbonyl (C=O) groups excluding carboxylic acids is 2. The first kappa shape index (κ1) is 13.5. The highest BCUT2D eigenvalue weighted by Gasteiger charge is 2.48. The SMILES string of the molecule is CCC1(C)C(=O)NC(=O)N1CC1CSc2ccccc21. The molecule has 2 atom stereocenters. The summed E-state index contributed by atoms with van der Waals surface area (Å²) in [5.74, 6) is 1.10. The number of nitrogens with zero attached hydrogens (tertiary/aromatic N) is 1. The predicted octanol–water partition coefficient (Wildman–Crippen LogP) is 2.60. The van der Waals surface area contributed by atoms with Gasteiger partial charge in [-0.1, -0.05) is 25.1 Å². The quantitative estimate of drug-likeness (QED) is 0.871. The van der Waals surface area contributed by atoms with E-state index in [2.05, 4.69) is 17.4 Å². The molecule has 20 heavy (non-hydrogen) atoms. The molecule has 5 heteroatoms. The molecular formula is C15H18N2O2S. The Labute approximate surface area is 122 Å². The van der Waals surface area contributed by atoms with Gasteiger partial charge in [-0.15, -0.1) is 11.8 Å². The van der Waals surface area contributed by atoms with E-state index in [1.54, 1.807) is 4.90 Å². The number of thioether (sulfide) groups is 1. The van der Waals surface area contributed by atoms with Crippen LogP contribution in [0.4, 0.5) is 4.79 Å². The van der Waals surface area contributed by atoms with Crippen molar-refractivity contribution in [3.8, 4) is 0 Å². The second-order valence-electron chi connectivity index (χ2n) is 5.54. The smallest absolute Gasteiger partial charge is 0.309 e. The van der Waals surface area contributed by atoms with Gasteiger partial charge in [0, 0.05) is 23.1 Å². The summed E-state index contributed by atoms with van der Waals surface area (Å²) in [7, 11) is 0. The van der Waals surface area contributed by atoms with E-state index in [-0.39, 0.29) is 11.9 Å². The molecule has 0 aromatic heterocycles. The van der Waals surface area contributed by atoms with Crippen LogP contribution in [-0.2, 0) is 4.79 Å². The van der Waals surface area contributed by atoms with E-state index in [9.17, 15) is 9.59 Å². The van der Waals surface area contributed by atoms with E-state index in [4.69, 9.17) is 0 Å². The molecule has 106 valence electrons. The summed E-state index contributed by atoms with van der Waals surface area (Å²) >= 11 is 1.83. The molecule has 1 fully saturated rings. The van der Waals surface area contributed by atoms with Crippen molar-refractivity contribution in [2.45, 2.75) is 36.6 Å². The number of fused-ring (bicyclic) bond motifs is 1. The van der Waals surface area contributed by atoms with E-state index in [0.29, 0.717) is 18.9 Å². The highest BCUT2D eigenvalue weighted by atomic mass is 32.2. The van der Waals surface area contributed by atoms with Crippen LogP contribution in [0, 0.1) is 0 Å². The number of carbonyl (C=O) groups is 2. The fourth-order valence-electron chi connectivity index (χ4n) is 2.88. The van der Waals surface area contributed by atoms with Crippen LogP contribution in [0.15, 0.2) is 29.2 Å². The third-order valence-corrected chi connectivity index (χ3v) is 5.69. The van der Waals surface area contributed by atoms with Crippen molar-refractivity contribution in [2.75, 3.05) is 12.3 Å². The molecule has 0 bridgehead atoms. The van der Waals surface area contributed by atoms with Gasteiger partial charge in [0.05, 0.1) is 0 Å². The molecule has 2 unspecified atom stereocenters. The number of rotatable bonds is 3. The zero-order chi connectivity index (χ0) is 14.3. The van der Waals surface area contributed by atoms with Crippen LogP contribution >= 0.6 is 11.8 Å². The van der Waals surface area contributed by atoms with Gasteiger partial charge in [-0.05, 0) is 25.0 Å². The van der Waals surface area contributed by atoms with Crippen molar-refractivity contribution in [2.24, 2.45) is 0 Å². The number of nitrogens with one attached hydrogen (secondary N) is 1. The maximum Gasteiger partial charge on any atom is 0.325 e. The van der Waals surface area contributed by atoms with Gasteiger partial charge < -0.3 is 4.90 Å². The largest absolute Gasteiger partial charge is 0.325 e. The average molecular weight is 290 g/mol. The number of imide groups is 1. The standard InChI is InChI=1S/C15H18N2O2S/c1-3-15(2)13(18)16-14(19)17(15)8-10-9-20-12-7-5-4-6-11(10)12/h4-7,10H,3,8-9H2,1-2H3,(H,16,18,19). The number of amides is 3. The monoisotopic (exact) mass is 290 g/mol. The maximum absolute atomic E-state index is 12.0. The second-order valence-corrected chi connectivity index (χ2v) is 6.60. The second kappa shape index (κ2) is 4.81. The Balaban J connectivity index is 1.85. The molecule has 1 N–H and O–H groups in total. The Morgan fingerprint density at radius 2 is 2.15 bits per heavy atom. The lowest BCUT2D eigenvalue weighted by Crippen LogP contribution is -2.48. The van der Waals surface area contributed by atoms with Crippen LogP contribution in [0.1, 0.15) is 31.7 Å². The van der Waals surface area contributed by atoms with Gasteiger partial charge in [-0.2, -0.15) is 0 Å². The maximum atomic E-state index is 12.0. The molecule has 2 heterocycles. The van der Waals surface area contributed by atoms with E-state index in [1.807, 2.05) is 37.7 Å². The summed E-state index contributed by atoms with van der Waals surface area (Å²) < 4.78 is 0. The van der Waals surface area contributed by atoms with Crippen LogP contribution in [0.3, 0.4) is 0 Å². The van der Waals surface area contributed by atoms with Crippen molar-refractivity contribution in [3.63, 3.8) is 0 Å². The minimum atomic E-state index is -0.709. The molecule has 0 spiro atoms. The summed E-state index contributed by atoms with van der Waals surface area (Å²) in [5, 5.41) is 2.45. The molecule has 4 nitrogen and oxygen atoms in total. The van der Waals surface area contributed by atoms with Crippen molar-refractivity contribution >= 4 is 23.7 Å². The van der Waals surface area contributed by atoms with E-state index in [0.717, 1.165) is 5.75 Å². The molecule has 2 aliphatic rings. The number of hydrogen-bond donors (Lipinski definition) is 1. The molecule has 0 aliphatic carbocycles. The molecule has 2 aliphatic heterocycles.